The number of likely N-dealkylation sites (N-methyl/N-ethyl adjacent to an activating group) is 1. The highest BCUT2D eigenvalue weighted by molar-refractivity contribution is 6.00. The number of ether oxygens (including phenoxy) is 1. The molecule has 0 bridgehead atoms. The number of anilines is 1. The number of benzene rings is 1. The number of nitrogens with zero attached hydrogens (tertiary/aromatic N) is 2. The predicted molar refractivity (Wildman–Crippen MR) is 125 cm³/mol. The molecule has 7 heteroatoms. The Bertz CT molecular complexity index is 895. The maximum absolute atomic E-state index is 12.1. The third-order valence-corrected chi connectivity index (χ3v) is 5.23. The van der Waals surface area contributed by atoms with Crippen molar-refractivity contribution in [1.29, 1.82) is 0 Å². The van der Waals surface area contributed by atoms with E-state index < -0.39 is 0 Å². The molecule has 0 aliphatic carbocycles. The van der Waals surface area contributed by atoms with Crippen molar-refractivity contribution in [3.8, 4) is 11.3 Å². The molecule has 0 radical (unpaired) electrons. The molecule has 1 saturated heterocycles. The van der Waals surface area contributed by atoms with E-state index in [1.54, 1.807) is 6.08 Å². The van der Waals surface area contributed by atoms with Crippen molar-refractivity contribution in [3.05, 3.63) is 47.7 Å². The Kier molecular flexibility index (Phi) is 8.40. The first kappa shape index (κ1) is 23.2. The third-order valence-electron chi connectivity index (χ3n) is 5.23. The molecule has 1 aliphatic rings. The first-order valence-corrected chi connectivity index (χ1v) is 11.1. The highest BCUT2D eigenvalue weighted by Gasteiger charge is 2.20. The number of allylic oxidation sites excluding steroid dienone is 1. The second kappa shape index (κ2) is 11.2. The van der Waals surface area contributed by atoms with Crippen LogP contribution in [-0.2, 0) is 16.1 Å². The normalized spacial score (nSPS) is 17.2. The zero-order valence-electron chi connectivity index (χ0n) is 19.1. The molecular formula is C24H35N5O2. The number of aromatic nitrogens is 2. The van der Waals surface area contributed by atoms with E-state index in [1.165, 1.54) is 0 Å². The van der Waals surface area contributed by atoms with Crippen molar-refractivity contribution in [1.82, 2.24) is 20.4 Å². The molecule has 168 valence electrons. The van der Waals surface area contributed by atoms with Crippen LogP contribution < -0.4 is 16.0 Å². The summed E-state index contributed by atoms with van der Waals surface area (Å²) in [5.74, 6) is -0.124. The summed E-state index contributed by atoms with van der Waals surface area (Å²) < 4.78 is 7.91. The highest BCUT2D eigenvalue weighted by Crippen LogP contribution is 2.29. The first-order chi connectivity index (χ1) is 15.0. The average Bonchev–Trinajstić information content (AvgIpc) is 3.17. The predicted octanol–water partition coefficient (Wildman–Crippen LogP) is 3.85. The summed E-state index contributed by atoms with van der Waals surface area (Å²) in [7, 11) is 1.96. The summed E-state index contributed by atoms with van der Waals surface area (Å²) >= 11 is 0. The van der Waals surface area contributed by atoms with Crippen molar-refractivity contribution >= 4 is 11.6 Å². The standard InChI is InChI=1S/C24H35N5O2/c1-17(2)12-22(30)27-21-9-7-8-19(13-21)24-20(15-26-18(3)14-25-4)16-29(28-24)23-10-5-6-11-31-23/h7-9,12-13,16,18,23,25-26H,5-6,10-11,14-15H2,1-4H3,(H,27,30). The number of carbonyl (C=O) groups is 1. The zero-order valence-corrected chi connectivity index (χ0v) is 19.1. The molecule has 0 spiro atoms. The Morgan fingerprint density at radius 1 is 1.35 bits per heavy atom. The summed E-state index contributed by atoms with van der Waals surface area (Å²) in [6.07, 6.45) is 6.91. The SMILES string of the molecule is CNCC(C)NCc1cn(C2CCCCO2)nc1-c1cccc(NC(=O)C=C(C)C)c1. The van der Waals surface area contributed by atoms with Gasteiger partial charge in [-0.2, -0.15) is 5.10 Å². The minimum atomic E-state index is -0.124. The van der Waals surface area contributed by atoms with Gasteiger partial charge < -0.3 is 20.7 Å². The number of hydrogen-bond acceptors (Lipinski definition) is 5. The van der Waals surface area contributed by atoms with Gasteiger partial charge in [0.2, 0.25) is 5.91 Å². The highest BCUT2D eigenvalue weighted by atomic mass is 16.5. The van der Waals surface area contributed by atoms with Crippen LogP contribution >= 0.6 is 0 Å². The van der Waals surface area contributed by atoms with Crippen LogP contribution in [0.4, 0.5) is 5.69 Å². The van der Waals surface area contributed by atoms with Gasteiger partial charge in [0.15, 0.2) is 0 Å². The van der Waals surface area contributed by atoms with Crippen molar-refractivity contribution in [2.75, 3.05) is 25.5 Å². The number of amides is 1. The molecule has 2 unspecified atom stereocenters. The summed E-state index contributed by atoms with van der Waals surface area (Å²) in [6.45, 7) is 8.34. The summed E-state index contributed by atoms with van der Waals surface area (Å²) in [4.78, 5) is 12.1. The fourth-order valence-electron chi connectivity index (χ4n) is 3.73. The van der Waals surface area contributed by atoms with Crippen LogP contribution in [-0.4, -0.2) is 41.9 Å². The Morgan fingerprint density at radius 3 is 2.90 bits per heavy atom. The smallest absolute Gasteiger partial charge is 0.248 e. The van der Waals surface area contributed by atoms with Crippen LogP contribution in [0.3, 0.4) is 0 Å². The fraction of sp³-hybridized carbons (Fsp3) is 0.500. The number of carbonyl (C=O) groups excluding carboxylic acids is 1. The molecule has 2 atom stereocenters. The van der Waals surface area contributed by atoms with Crippen LogP contribution in [0.1, 0.15) is 51.8 Å². The minimum Gasteiger partial charge on any atom is -0.357 e. The van der Waals surface area contributed by atoms with Crippen molar-refractivity contribution < 1.29 is 9.53 Å². The molecule has 3 rings (SSSR count). The first-order valence-electron chi connectivity index (χ1n) is 11.1. The summed E-state index contributed by atoms with van der Waals surface area (Å²) in [5.41, 5.74) is 4.72. The van der Waals surface area contributed by atoms with E-state index in [0.29, 0.717) is 12.6 Å². The van der Waals surface area contributed by atoms with Crippen LogP contribution in [0.15, 0.2) is 42.1 Å². The summed E-state index contributed by atoms with van der Waals surface area (Å²) in [5, 5.41) is 14.6. The molecule has 3 N–H and O–H groups in total. The van der Waals surface area contributed by atoms with Gasteiger partial charge in [-0.05, 0) is 59.2 Å². The van der Waals surface area contributed by atoms with Gasteiger partial charge in [0.05, 0.1) is 5.69 Å². The molecule has 1 amide bonds. The van der Waals surface area contributed by atoms with Gasteiger partial charge >= 0.3 is 0 Å². The topological polar surface area (TPSA) is 80.2 Å². The maximum Gasteiger partial charge on any atom is 0.248 e. The van der Waals surface area contributed by atoms with Crippen molar-refractivity contribution in [2.45, 2.75) is 58.8 Å². The van der Waals surface area contributed by atoms with Gasteiger partial charge in [-0.15, -0.1) is 0 Å². The lowest BCUT2D eigenvalue weighted by atomic mass is 10.1. The second-order valence-corrected chi connectivity index (χ2v) is 8.44. The second-order valence-electron chi connectivity index (χ2n) is 8.44. The van der Waals surface area contributed by atoms with Gasteiger partial charge in [0, 0.05) is 54.8 Å². The molecule has 1 aliphatic heterocycles. The third kappa shape index (κ3) is 6.75. The van der Waals surface area contributed by atoms with E-state index in [1.807, 2.05) is 49.8 Å². The molecule has 7 nitrogen and oxygen atoms in total. The lowest BCUT2D eigenvalue weighted by Crippen LogP contribution is -2.34. The quantitative estimate of drug-likeness (QED) is 0.532. The van der Waals surface area contributed by atoms with Gasteiger partial charge in [-0.3, -0.25) is 4.79 Å². The van der Waals surface area contributed by atoms with E-state index in [4.69, 9.17) is 9.84 Å². The molecule has 0 saturated carbocycles. The average molecular weight is 426 g/mol. The van der Waals surface area contributed by atoms with Gasteiger partial charge in [-0.1, -0.05) is 17.7 Å². The van der Waals surface area contributed by atoms with Crippen LogP contribution in [0, 0.1) is 0 Å². The molecule has 1 fully saturated rings. The van der Waals surface area contributed by atoms with Crippen LogP contribution in [0.5, 0.6) is 0 Å². The molecule has 31 heavy (non-hydrogen) atoms. The summed E-state index contributed by atoms with van der Waals surface area (Å²) in [6, 6.07) is 8.19. The van der Waals surface area contributed by atoms with E-state index in [2.05, 4.69) is 29.1 Å². The number of rotatable bonds is 9. The Morgan fingerprint density at radius 2 is 2.19 bits per heavy atom. The maximum atomic E-state index is 12.1. The largest absolute Gasteiger partial charge is 0.357 e. The Labute approximate surface area is 185 Å². The van der Waals surface area contributed by atoms with E-state index in [9.17, 15) is 4.79 Å². The van der Waals surface area contributed by atoms with E-state index in [0.717, 1.165) is 60.5 Å². The van der Waals surface area contributed by atoms with Gasteiger partial charge in [-0.25, -0.2) is 4.68 Å². The van der Waals surface area contributed by atoms with Gasteiger partial charge in [0.25, 0.3) is 0 Å². The molecule has 1 aromatic carbocycles. The molecule has 2 heterocycles. The van der Waals surface area contributed by atoms with E-state index >= 15 is 0 Å². The molecule has 1 aromatic heterocycles. The Balaban J connectivity index is 1.86. The van der Waals surface area contributed by atoms with Gasteiger partial charge in [0.1, 0.15) is 6.23 Å². The minimum absolute atomic E-state index is 0.0171. The van der Waals surface area contributed by atoms with Crippen molar-refractivity contribution in [2.24, 2.45) is 0 Å². The number of nitrogens with one attached hydrogen (secondary N) is 3. The van der Waals surface area contributed by atoms with Crippen molar-refractivity contribution in [3.63, 3.8) is 0 Å². The van der Waals surface area contributed by atoms with Crippen LogP contribution in [0.2, 0.25) is 0 Å². The lowest BCUT2D eigenvalue weighted by Gasteiger charge is -2.22. The Hall–Kier alpha value is -2.48. The monoisotopic (exact) mass is 425 g/mol. The molecular weight excluding hydrogens is 390 g/mol. The fourth-order valence-corrected chi connectivity index (χ4v) is 3.73. The van der Waals surface area contributed by atoms with E-state index in [-0.39, 0.29) is 12.1 Å². The number of hydrogen-bond donors (Lipinski definition) is 3. The zero-order chi connectivity index (χ0) is 22.2. The van der Waals surface area contributed by atoms with Crippen LogP contribution in [0.25, 0.3) is 11.3 Å². The molecule has 2 aromatic rings. The lowest BCUT2D eigenvalue weighted by molar-refractivity contribution is -0.111.